The number of nitrogens with zero attached hydrogens (tertiary/aromatic N) is 1. The highest BCUT2D eigenvalue weighted by Crippen LogP contribution is 2.39. The Balaban J connectivity index is 1.94. The Kier molecular flexibility index (Phi) is 4.44. The van der Waals surface area contributed by atoms with Crippen LogP contribution in [-0.4, -0.2) is 39.0 Å². The van der Waals surface area contributed by atoms with Crippen molar-refractivity contribution in [1.29, 1.82) is 0 Å². The van der Waals surface area contributed by atoms with Gasteiger partial charge in [0.15, 0.2) is 11.6 Å². The van der Waals surface area contributed by atoms with Gasteiger partial charge in [-0.25, -0.2) is 4.98 Å². The van der Waals surface area contributed by atoms with Crippen LogP contribution in [0.15, 0.2) is 30.5 Å². The second-order valence-electron chi connectivity index (χ2n) is 5.08. The van der Waals surface area contributed by atoms with Gasteiger partial charge >= 0.3 is 0 Å². The largest absolute Gasteiger partial charge is 0.497 e. The predicted octanol–water partition coefficient (Wildman–Crippen LogP) is 2.75. The summed E-state index contributed by atoms with van der Waals surface area (Å²) in [6, 6.07) is 8.01. The van der Waals surface area contributed by atoms with Gasteiger partial charge in [-0.15, -0.1) is 0 Å². The maximum absolute atomic E-state index is 5.78. The average Bonchev–Trinajstić information content (AvgIpc) is 3.05. The molecule has 5 nitrogen and oxygen atoms in total. The summed E-state index contributed by atoms with van der Waals surface area (Å²) in [6.07, 6.45) is 2.79. The third kappa shape index (κ3) is 2.85. The van der Waals surface area contributed by atoms with Gasteiger partial charge in [0.2, 0.25) is 0 Å². The minimum Gasteiger partial charge on any atom is -0.497 e. The molecule has 1 aromatic carbocycles. The molecule has 0 saturated heterocycles. The number of ether oxygens (including phenoxy) is 3. The quantitative estimate of drug-likeness (QED) is 0.831. The molecule has 0 amide bonds. The summed E-state index contributed by atoms with van der Waals surface area (Å²) in [6.45, 7) is 2.03. The predicted molar refractivity (Wildman–Crippen MR) is 85.8 cm³/mol. The van der Waals surface area contributed by atoms with Crippen LogP contribution in [0.2, 0.25) is 0 Å². The number of hydrogen-bond donors (Lipinski definition) is 1. The number of methoxy groups -OCH3 is 2. The van der Waals surface area contributed by atoms with Crippen molar-refractivity contribution in [3.8, 4) is 22.6 Å². The van der Waals surface area contributed by atoms with Crippen molar-refractivity contribution in [3.63, 3.8) is 0 Å². The van der Waals surface area contributed by atoms with E-state index in [4.69, 9.17) is 14.2 Å². The molecule has 2 aromatic rings. The van der Waals surface area contributed by atoms with Crippen LogP contribution in [-0.2, 0) is 11.2 Å². The zero-order chi connectivity index (χ0) is 15.4. The standard InChI is InChI=1S/C17H20N2O3/c1-20-9-7-18-17-16-14(6-8-22-16)15(11-19-17)12-4-3-5-13(10-12)21-2/h3-5,10-11H,6-9H2,1-2H3,(H,18,19). The van der Waals surface area contributed by atoms with Gasteiger partial charge < -0.3 is 19.5 Å². The zero-order valence-corrected chi connectivity index (χ0v) is 12.9. The molecule has 2 heterocycles. The Labute approximate surface area is 130 Å². The van der Waals surface area contributed by atoms with E-state index in [1.807, 2.05) is 24.4 Å². The van der Waals surface area contributed by atoms with Crippen molar-refractivity contribution in [2.45, 2.75) is 6.42 Å². The number of anilines is 1. The van der Waals surface area contributed by atoms with E-state index >= 15 is 0 Å². The summed E-state index contributed by atoms with van der Waals surface area (Å²) in [5, 5.41) is 3.26. The van der Waals surface area contributed by atoms with E-state index in [1.165, 1.54) is 5.56 Å². The van der Waals surface area contributed by atoms with E-state index in [1.54, 1.807) is 14.2 Å². The van der Waals surface area contributed by atoms with Gasteiger partial charge in [0.25, 0.3) is 0 Å². The fourth-order valence-corrected chi connectivity index (χ4v) is 2.63. The number of benzene rings is 1. The van der Waals surface area contributed by atoms with Gasteiger partial charge in [0.05, 0.1) is 20.3 Å². The SMILES string of the molecule is COCCNc1ncc(-c2cccc(OC)c2)c2c1OCC2. The highest BCUT2D eigenvalue weighted by atomic mass is 16.5. The fraction of sp³-hybridized carbons (Fsp3) is 0.353. The summed E-state index contributed by atoms with van der Waals surface area (Å²) in [5.41, 5.74) is 3.39. The molecule has 3 rings (SSSR count). The van der Waals surface area contributed by atoms with Gasteiger partial charge in [0.1, 0.15) is 5.75 Å². The first-order valence-corrected chi connectivity index (χ1v) is 7.35. The van der Waals surface area contributed by atoms with Crippen molar-refractivity contribution in [1.82, 2.24) is 4.98 Å². The van der Waals surface area contributed by atoms with Crippen LogP contribution in [0.4, 0.5) is 5.82 Å². The van der Waals surface area contributed by atoms with E-state index in [2.05, 4.69) is 16.4 Å². The molecule has 0 bridgehead atoms. The molecular formula is C17H20N2O3. The Morgan fingerprint density at radius 3 is 3.05 bits per heavy atom. The molecule has 1 aromatic heterocycles. The van der Waals surface area contributed by atoms with Gasteiger partial charge in [-0.3, -0.25) is 0 Å². The average molecular weight is 300 g/mol. The van der Waals surface area contributed by atoms with E-state index < -0.39 is 0 Å². The van der Waals surface area contributed by atoms with Crippen LogP contribution in [0.3, 0.4) is 0 Å². The van der Waals surface area contributed by atoms with Crippen molar-refractivity contribution in [3.05, 3.63) is 36.0 Å². The molecule has 0 radical (unpaired) electrons. The molecule has 0 fully saturated rings. The highest BCUT2D eigenvalue weighted by Gasteiger charge is 2.22. The lowest BCUT2D eigenvalue weighted by Gasteiger charge is -2.13. The molecule has 1 aliphatic rings. The molecule has 0 unspecified atom stereocenters. The summed E-state index contributed by atoms with van der Waals surface area (Å²) in [7, 11) is 3.36. The van der Waals surface area contributed by atoms with Crippen LogP contribution in [0.25, 0.3) is 11.1 Å². The van der Waals surface area contributed by atoms with Crippen LogP contribution < -0.4 is 14.8 Å². The third-order valence-corrected chi connectivity index (χ3v) is 3.71. The first-order chi connectivity index (χ1) is 10.8. The molecular weight excluding hydrogens is 280 g/mol. The molecule has 0 spiro atoms. The smallest absolute Gasteiger partial charge is 0.169 e. The maximum atomic E-state index is 5.78. The van der Waals surface area contributed by atoms with Crippen LogP contribution >= 0.6 is 0 Å². The Hall–Kier alpha value is -2.27. The molecule has 0 atom stereocenters. The Bertz CT molecular complexity index is 658. The summed E-state index contributed by atoms with van der Waals surface area (Å²) in [5.74, 6) is 2.49. The lowest BCUT2D eigenvalue weighted by atomic mass is 10.00. The third-order valence-electron chi connectivity index (χ3n) is 3.71. The number of pyridine rings is 1. The number of aromatic nitrogens is 1. The van der Waals surface area contributed by atoms with E-state index in [0.717, 1.165) is 34.9 Å². The van der Waals surface area contributed by atoms with Gasteiger partial charge in [-0.2, -0.15) is 0 Å². The van der Waals surface area contributed by atoms with Gasteiger partial charge in [0, 0.05) is 37.4 Å². The van der Waals surface area contributed by atoms with E-state index in [0.29, 0.717) is 19.8 Å². The number of nitrogens with one attached hydrogen (secondary N) is 1. The van der Waals surface area contributed by atoms with Crippen molar-refractivity contribution in [2.75, 3.05) is 39.3 Å². The van der Waals surface area contributed by atoms with Crippen LogP contribution in [0.5, 0.6) is 11.5 Å². The number of rotatable bonds is 6. The van der Waals surface area contributed by atoms with E-state index in [-0.39, 0.29) is 0 Å². The van der Waals surface area contributed by atoms with Crippen molar-refractivity contribution >= 4 is 5.82 Å². The lowest BCUT2D eigenvalue weighted by Crippen LogP contribution is -2.09. The van der Waals surface area contributed by atoms with Crippen LogP contribution in [0, 0.1) is 0 Å². The molecule has 22 heavy (non-hydrogen) atoms. The minimum absolute atomic E-state index is 0.633. The zero-order valence-electron chi connectivity index (χ0n) is 12.9. The van der Waals surface area contributed by atoms with Crippen molar-refractivity contribution in [2.24, 2.45) is 0 Å². The topological polar surface area (TPSA) is 52.6 Å². The monoisotopic (exact) mass is 300 g/mol. The van der Waals surface area contributed by atoms with Gasteiger partial charge in [-0.1, -0.05) is 12.1 Å². The summed E-state index contributed by atoms with van der Waals surface area (Å²) < 4.78 is 16.1. The number of hydrogen-bond acceptors (Lipinski definition) is 5. The number of fused-ring (bicyclic) bond motifs is 1. The second-order valence-corrected chi connectivity index (χ2v) is 5.08. The van der Waals surface area contributed by atoms with E-state index in [9.17, 15) is 0 Å². The van der Waals surface area contributed by atoms with Gasteiger partial charge in [-0.05, 0) is 17.7 Å². The Morgan fingerprint density at radius 1 is 1.32 bits per heavy atom. The molecule has 1 aliphatic heterocycles. The van der Waals surface area contributed by atoms with Crippen molar-refractivity contribution < 1.29 is 14.2 Å². The van der Waals surface area contributed by atoms with Crippen LogP contribution in [0.1, 0.15) is 5.56 Å². The minimum atomic E-state index is 0.633. The Morgan fingerprint density at radius 2 is 2.23 bits per heavy atom. The molecule has 116 valence electrons. The lowest BCUT2D eigenvalue weighted by molar-refractivity contribution is 0.210. The highest BCUT2D eigenvalue weighted by molar-refractivity contribution is 5.74. The fourth-order valence-electron chi connectivity index (χ4n) is 2.63. The summed E-state index contributed by atoms with van der Waals surface area (Å²) in [4.78, 5) is 4.52. The maximum Gasteiger partial charge on any atom is 0.169 e. The summed E-state index contributed by atoms with van der Waals surface area (Å²) >= 11 is 0. The molecule has 0 aliphatic carbocycles. The normalized spacial score (nSPS) is 12.6. The molecule has 5 heteroatoms. The first-order valence-electron chi connectivity index (χ1n) is 7.35. The molecule has 0 saturated carbocycles. The molecule has 1 N–H and O–H groups in total. The second kappa shape index (κ2) is 6.66. The first kappa shape index (κ1) is 14.7.